The number of nitrogens with zero attached hydrogens (tertiary/aromatic N) is 1. The summed E-state index contributed by atoms with van der Waals surface area (Å²) in [6.07, 6.45) is 4.68. The summed E-state index contributed by atoms with van der Waals surface area (Å²) < 4.78 is 0. The summed E-state index contributed by atoms with van der Waals surface area (Å²) in [6.45, 7) is 0.475. The van der Waals surface area contributed by atoms with Crippen LogP contribution >= 0.6 is 0 Å². The van der Waals surface area contributed by atoms with E-state index in [0.29, 0.717) is 19.4 Å². The topological polar surface area (TPSA) is 89.9 Å². The number of aliphatic hydroxyl groups is 1. The van der Waals surface area contributed by atoms with Gasteiger partial charge < -0.3 is 20.4 Å². The molecule has 0 aliphatic heterocycles. The van der Waals surface area contributed by atoms with Crippen LogP contribution < -0.4 is 5.32 Å². The van der Waals surface area contributed by atoms with Crippen LogP contribution in [0.5, 0.6) is 0 Å². The number of carboxylic acid groups (broad SMARTS) is 1. The lowest BCUT2D eigenvalue weighted by Gasteiger charge is -2.29. The summed E-state index contributed by atoms with van der Waals surface area (Å²) >= 11 is 0. The van der Waals surface area contributed by atoms with Gasteiger partial charge in [-0.2, -0.15) is 0 Å². The molecule has 0 aromatic rings. The average Bonchev–Trinajstić information content (AvgIpc) is 3.03. The molecule has 2 aliphatic carbocycles. The van der Waals surface area contributed by atoms with Crippen LogP contribution in [-0.2, 0) is 4.79 Å². The maximum Gasteiger partial charge on any atom is 0.317 e. The highest BCUT2D eigenvalue weighted by molar-refractivity contribution is 5.80. The summed E-state index contributed by atoms with van der Waals surface area (Å²) in [5.74, 6) is -0.843. The number of hydrogen-bond donors (Lipinski definition) is 3. The molecule has 2 saturated carbocycles. The van der Waals surface area contributed by atoms with Crippen molar-refractivity contribution in [3.63, 3.8) is 0 Å². The largest absolute Gasteiger partial charge is 0.481 e. The van der Waals surface area contributed by atoms with Crippen LogP contribution in [0.2, 0.25) is 0 Å². The molecule has 0 spiro atoms. The van der Waals surface area contributed by atoms with Gasteiger partial charge >= 0.3 is 12.0 Å². The second kappa shape index (κ2) is 5.00. The fourth-order valence-corrected chi connectivity index (χ4v) is 2.70. The molecule has 2 fully saturated rings. The molecule has 2 rings (SSSR count). The Morgan fingerprint density at radius 1 is 1.21 bits per heavy atom. The van der Waals surface area contributed by atoms with Crippen molar-refractivity contribution in [3.05, 3.63) is 0 Å². The van der Waals surface area contributed by atoms with Crippen LogP contribution in [0.1, 0.15) is 38.5 Å². The lowest BCUT2D eigenvalue weighted by molar-refractivity contribution is -0.143. The van der Waals surface area contributed by atoms with Crippen molar-refractivity contribution in [3.8, 4) is 0 Å². The van der Waals surface area contributed by atoms with E-state index in [2.05, 4.69) is 5.32 Å². The molecule has 6 nitrogen and oxygen atoms in total. The maximum absolute atomic E-state index is 11.9. The minimum atomic E-state index is -0.843. The number of nitrogens with one attached hydrogen (secondary N) is 1. The van der Waals surface area contributed by atoms with Gasteiger partial charge in [-0.25, -0.2) is 4.79 Å². The average molecular weight is 270 g/mol. The number of likely N-dealkylation sites (N-methyl/N-ethyl adjacent to an activating group) is 1. The van der Waals surface area contributed by atoms with Crippen LogP contribution in [0.4, 0.5) is 4.79 Å². The van der Waals surface area contributed by atoms with Gasteiger partial charge in [-0.05, 0) is 25.7 Å². The normalized spacial score (nSPS) is 22.8. The van der Waals surface area contributed by atoms with Crippen molar-refractivity contribution in [2.45, 2.75) is 44.1 Å². The first-order valence-corrected chi connectivity index (χ1v) is 6.82. The Kier molecular flexibility index (Phi) is 3.71. The van der Waals surface area contributed by atoms with Crippen molar-refractivity contribution in [2.24, 2.45) is 5.41 Å². The summed E-state index contributed by atoms with van der Waals surface area (Å²) in [7, 11) is 1.63. The van der Waals surface area contributed by atoms with E-state index < -0.39 is 17.0 Å². The molecule has 108 valence electrons. The molecule has 0 bridgehead atoms. The summed E-state index contributed by atoms with van der Waals surface area (Å²) in [5.41, 5.74) is -1.52. The minimum Gasteiger partial charge on any atom is -0.481 e. The third-order valence-electron chi connectivity index (χ3n) is 4.30. The van der Waals surface area contributed by atoms with Crippen molar-refractivity contribution < 1.29 is 19.8 Å². The summed E-state index contributed by atoms with van der Waals surface area (Å²) in [4.78, 5) is 24.3. The highest BCUT2D eigenvalue weighted by Gasteiger charge is 2.50. The van der Waals surface area contributed by atoms with Gasteiger partial charge in [0.25, 0.3) is 0 Å². The molecule has 0 aromatic heterocycles. The third-order valence-corrected chi connectivity index (χ3v) is 4.30. The minimum absolute atomic E-state index is 0.171. The van der Waals surface area contributed by atoms with E-state index in [-0.39, 0.29) is 12.6 Å². The number of carbonyl (C=O) groups is 2. The smallest absolute Gasteiger partial charge is 0.317 e. The Bertz CT molecular complexity index is 373. The van der Waals surface area contributed by atoms with E-state index in [1.807, 2.05) is 0 Å². The molecule has 6 heteroatoms. The molecule has 3 N–H and O–H groups in total. The Morgan fingerprint density at radius 2 is 1.79 bits per heavy atom. The quantitative estimate of drug-likeness (QED) is 0.689. The number of aliphatic carboxylic acids is 1. The summed E-state index contributed by atoms with van der Waals surface area (Å²) in [6, 6.07) is -0.312. The van der Waals surface area contributed by atoms with E-state index in [0.717, 1.165) is 25.7 Å². The van der Waals surface area contributed by atoms with Gasteiger partial charge in [-0.3, -0.25) is 4.79 Å². The number of rotatable bonds is 5. The number of carboxylic acids is 1. The summed E-state index contributed by atoms with van der Waals surface area (Å²) in [5, 5.41) is 21.9. The molecule has 19 heavy (non-hydrogen) atoms. The lowest BCUT2D eigenvalue weighted by atomic mass is 10.0. The Labute approximate surface area is 112 Å². The van der Waals surface area contributed by atoms with Crippen LogP contribution in [0.25, 0.3) is 0 Å². The van der Waals surface area contributed by atoms with Gasteiger partial charge in [0.15, 0.2) is 0 Å². The fraction of sp³-hybridized carbons (Fsp3) is 0.846. The van der Waals surface area contributed by atoms with Crippen LogP contribution in [-0.4, -0.2) is 52.9 Å². The van der Waals surface area contributed by atoms with Crippen LogP contribution in [0.15, 0.2) is 0 Å². The molecule has 0 aromatic carbocycles. The molecule has 0 saturated heterocycles. The van der Waals surface area contributed by atoms with Gasteiger partial charge in [0.2, 0.25) is 0 Å². The molecule has 2 amide bonds. The number of amides is 2. The fourth-order valence-electron chi connectivity index (χ4n) is 2.70. The predicted molar refractivity (Wildman–Crippen MR) is 68.7 cm³/mol. The van der Waals surface area contributed by atoms with E-state index in [9.17, 15) is 14.7 Å². The maximum atomic E-state index is 11.9. The predicted octanol–water partition coefficient (Wildman–Crippen LogP) is 0.798. The first-order valence-electron chi connectivity index (χ1n) is 6.82. The zero-order chi connectivity index (χ0) is 14.1. The van der Waals surface area contributed by atoms with Crippen molar-refractivity contribution in [1.29, 1.82) is 0 Å². The van der Waals surface area contributed by atoms with Crippen LogP contribution in [0.3, 0.4) is 0 Å². The highest BCUT2D eigenvalue weighted by Crippen LogP contribution is 2.45. The molecule has 0 atom stereocenters. The monoisotopic (exact) mass is 270 g/mol. The van der Waals surface area contributed by atoms with Crippen molar-refractivity contribution in [1.82, 2.24) is 10.2 Å². The van der Waals surface area contributed by atoms with Crippen LogP contribution in [0, 0.1) is 5.41 Å². The lowest BCUT2D eigenvalue weighted by Crippen LogP contribution is -2.47. The number of hydrogen-bond acceptors (Lipinski definition) is 3. The zero-order valence-electron chi connectivity index (χ0n) is 11.3. The molecule has 0 unspecified atom stereocenters. The number of urea groups is 1. The standard InChI is InChI=1S/C13H22N2O4/c1-15(9-13(19)4-2-3-5-13)11(18)14-8-12(6-7-12)10(16)17/h19H,2-9H2,1H3,(H,14,18)(H,16,17). The van der Waals surface area contributed by atoms with Gasteiger partial charge in [0.1, 0.15) is 0 Å². The molecule has 0 radical (unpaired) electrons. The second-order valence-corrected chi connectivity index (χ2v) is 6.03. The Hall–Kier alpha value is -1.30. The first kappa shape index (κ1) is 14.1. The van der Waals surface area contributed by atoms with Crippen molar-refractivity contribution in [2.75, 3.05) is 20.1 Å². The first-order chi connectivity index (χ1) is 8.87. The van der Waals surface area contributed by atoms with Crippen molar-refractivity contribution >= 4 is 12.0 Å². The SMILES string of the molecule is CN(CC1(O)CCCC1)C(=O)NCC1(C(=O)O)CC1. The van der Waals surface area contributed by atoms with Gasteiger partial charge in [-0.15, -0.1) is 0 Å². The van der Waals surface area contributed by atoms with E-state index in [1.165, 1.54) is 4.90 Å². The number of carbonyl (C=O) groups excluding carboxylic acids is 1. The Morgan fingerprint density at radius 3 is 2.26 bits per heavy atom. The van der Waals surface area contributed by atoms with Gasteiger partial charge in [-0.1, -0.05) is 12.8 Å². The molecular formula is C13H22N2O4. The Balaban J connectivity index is 1.78. The molecule has 0 heterocycles. The highest BCUT2D eigenvalue weighted by atomic mass is 16.4. The van der Waals surface area contributed by atoms with E-state index in [4.69, 9.17) is 5.11 Å². The van der Waals surface area contributed by atoms with Gasteiger partial charge in [0, 0.05) is 13.6 Å². The third kappa shape index (κ3) is 3.18. The van der Waals surface area contributed by atoms with Gasteiger partial charge in [0.05, 0.1) is 17.6 Å². The molecular weight excluding hydrogens is 248 g/mol. The molecule has 2 aliphatic rings. The van der Waals surface area contributed by atoms with E-state index in [1.54, 1.807) is 7.05 Å². The second-order valence-electron chi connectivity index (χ2n) is 6.03. The zero-order valence-corrected chi connectivity index (χ0v) is 11.3. The van der Waals surface area contributed by atoms with E-state index >= 15 is 0 Å².